The highest BCUT2D eigenvalue weighted by Gasteiger charge is 2.21. The molecular weight excluding hydrogens is 382 g/mol. The molecule has 0 bridgehead atoms. The zero-order valence-corrected chi connectivity index (χ0v) is 16.1. The zero-order chi connectivity index (χ0) is 18.6. The summed E-state index contributed by atoms with van der Waals surface area (Å²) in [6, 6.07) is 15.6. The molecule has 1 aromatic heterocycles. The number of carbonyl (C=O) groups is 1. The topological polar surface area (TPSA) is 72.7 Å². The lowest BCUT2D eigenvalue weighted by Crippen LogP contribution is -2.32. The number of hydrogen-bond donors (Lipinski definition) is 1. The molecule has 1 N–H and O–H groups in total. The molecule has 0 aliphatic heterocycles. The van der Waals surface area contributed by atoms with E-state index in [1.54, 1.807) is 16.8 Å². The van der Waals surface area contributed by atoms with Gasteiger partial charge < -0.3 is 5.32 Å². The monoisotopic (exact) mass is 399 g/mol. The van der Waals surface area contributed by atoms with Gasteiger partial charge in [0.15, 0.2) is 0 Å². The van der Waals surface area contributed by atoms with Crippen LogP contribution in [0, 0.1) is 0 Å². The maximum Gasteiger partial charge on any atom is 0.230 e. The van der Waals surface area contributed by atoms with Crippen LogP contribution >= 0.6 is 23.4 Å². The Labute approximate surface area is 166 Å². The van der Waals surface area contributed by atoms with Gasteiger partial charge in [0, 0.05) is 5.02 Å². The number of hydrogen-bond acceptors (Lipinski definition) is 5. The number of fused-ring (bicyclic) bond motifs is 1. The van der Waals surface area contributed by atoms with Gasteiger partial charge in [-0.05, 0) is 65.1 Å². The van der Waals surface area contributed by atoms with E-state index in [0.717, 1.165) is 24.9 Å². The number of aromatic nitrogens is 4. The van der Waals surface area contributed by atoms with Gasteiger partial charge in [-0.15, -0.1) is 5.10 Å². The van der Waals surface area contributed by atoms with Gasteiger partial charge in [-0.1, -0.05) is 47.6 Å². The van der Waals surface area contributed by atoms with Gasteiger partial charge in [0.05, 0.1) is 17.5 Å². The van der Waals surface area contributed by atoms with Gasteiger partial charge >= 0.3 is 0 Å². The molecule has 138 valence electrons. The highest BCUT2D eigenvalue weighted by atomic mass is 35.5. The molecule has 1 aliphatic rings. The average molecular weight is 400 g/mol. The van der Waals surface area contributed by atoms with Crippen LogP contribution in [-0.2, 0) is 11.2 Å². The molecule has 0 saturated heterocycles. The molecule has 4 rings (SSSR count). The Balaban J connectivity index is 1.40. The second-order valence-electron chi connectivity index (χ2n) is 6.35. The Morgan fingerprint density at radius 1 is 1.22 bits per heavy atom. The van der Waals surface area contributed by atoms with Crippen molar-refractivity contribution in [3.8, 4) is 5.69 Å². The summed E-state index contributed by atoms with van der Waals surface area (Å²) >= 11 is 7.24. The predicted octanol–water partition coefficient (Wildman–Crippen LogP) is 3.60. The molecule has 0 saturated carbocycles. The maximum atomic E-state index is 12.5. The van der Waals surface area contributed by atoms with E-state index in [2.05, 4.69) is 39.0 Å². The molecule has 1 amide bonds. The molecule has 1 aliphatic carbocycles. The second-order valence-corrected chi connectivity index (χ2v) is 7.73. The Kier molecular flexibility index (Phi) is 5.40. The predicted molar refractivity (Wildman–Crippen MR) is 105 cm³/mol. The molecule has 0 spiro atoms. The summed E-state index contributed by atoms with van der Waals surface area (Å²) in [6.45, 7) is 0. The van der Waals surface area contributed by atoms with Crippen LogP contribution in [0.1, 0.15) is 30.0 Å². The summed E-state index contributed by atoms with van der Waals surface area (Å²) < 4.78 is 1.60. The van der Waals surface area contributed by atoms with Gasteiger partial charge in [0.1, 0.15) is 0 Å². The van der Waals surface area contributed by atoms with E-state index in [9.17, 15) is 4.79 Å². The van der Waals surface area contributed by atoms with Crippen LogP contribution in [0.4, 0.5) is 0 Å². The van der Waals surface area contributed by atoms with Crippen LogP contribution in [0.5, 0.6) is 0 Å². The minimum absolute atomic E-state index is 0.0210. The first-order valence-corrected chi connectivity index (χ1v) is 10.1. The fourth-order valence-corrected chi connectivity index (χ4v) is 4.11. The summed E-state index contributed by atoms with van der Waals surface area (Å²) in [5.74, 6) is 0.236. The molecule has 1 heterocycles. The molecule has 27 heavy (non-hydrogen) atoms. The van der Waals surface area contributed by atoms with E-state index in [0.29, 0.717) is 10.2 Å². The van der Waals surface area contributed by atoms with Crippen molar-refractivity contribution in [2.45, 2.75) is 30.5 Å². The molecular formula is C19H18ClN5OS. The number of nitrogens with zero attached hydrogens (tertiary/aromatic N) is 4. The van der Waals surface area contributed by atoms with Gasteiger partial charge in [-0.3, -0.25) is 4.79 Å². The van der Waals surface area contributed by atoms with Gasteiger partial charge in [0.2, 0.25) is 11.1 Å². The first-order valence-electron chi connectivity index (χ1n) is 8.75. The Morgan fingerprint density at radius 2 is 2.04 bits per heavy atom. The number of amides is 1. The zero-order valence-electron chi connectivity index (χ0n) is 14.5. The largest absolute Gasteiger partial charge is 0.349 e. The van der Waals surface area contributed by atoms with E-state index < -0.39 is 0 Å². The quantitative estimate of drug-likeness (QED) is 0.663. The number of rotatable bonds is 5. The average Bonchev–Trinajstić information content (AvgIpc) is 3.16. The van der Waals surface area contributed by atoms with Crippen molar-refractivity contribution in [3.63, 3.8) is 0 Å². The summed E-state index contributed by atoms with van der Waals surface area (Å²) in [5, 5.41) is 16.1. The molecule has 2 aromatic carbocycles. The lowest BCUT2D eigenvalue weighted by atomic mass is 9.88. The third-order valence-corrected chi connectivity index (χ3v) is 5.72. The fourth-order valence-electron chi connectivity index (χ4n) is 3.28. The molecule has 0 radical (unpaired) electrons. The summed E-state index contributed by atoms with van der Waals surface area (Å²) in [6.07, 6.45) is 3.13. The number of carbonyl (C=O) groups excluding carboxylic acids is 1. The Bertz CT molecular complexity index is 943. The van der Waals surface area contributed by atoms with E-state index in [1.165, 1.54) is 22.9 Å². The lowest BCUT2D eigenvalue weighted by molar-refractivity contribution is -0.119. The molecule has 8 heteroatoms. The second kappa shape index (κ2) is 8.10. The minimum Gasteiger partial charge on any atom is -0.349 e. The van der Waals surface area contributed by atoms with Gasteiger partial charge in [-0.2, -0.15) is 4.68 Å². The van der Waals surface area contributed by atoms with Crippen molar-refractivity contribution >= 4 is 29.3 Å². The third kappa shape index (κ3) is 4.14. The van der Waals surface area contributed by atoms with Gasteiger partial charge in [-0.25, -0.2) is 0 Å². The van der Waals surface area contributed by atoms with E-state index in [-0.39, 0.29) is 17.7 Å². The Morgan fingerprint density at radius 3 is 2.89 bits per heavy atom. The van der Waals surface area contributed by atoms with Crippen LogP contribution in [-0.4, -0.2) is 31.9 Å². The number of aryl methyl sites for hydroxylation is 1. The van der Waals surface area contributed by atoms with Crippen LogP contribution < -0.4 is 5.32 Å². The number of tetrazole rings is 1. The van der Waals surface area contributed by atoms with Crippen molar-refractivity contribution in [2.75, 3.05) is 5.75 Å². The normalized spacial score (nSPS) is 16.0. The number of benzene rings is 2. The summed E-state index contributed by atoms with van der Waals surface area (Å²) in [7, 11) is 0. The van der Waals surface area contributed by atoms with Crippen LogP contribution in [0.2, 0.25) is 5.02 Å². The number of thioether (sulfide) groups is 1. The van der Waals surface area contributed by atoms with Crippen LogP contribution in [0.15, 0.2) is 53.7 Å². The number of halogens is 1. The van der Waals surface area contributed by atoms with Gasteiger partial charge in [0.25, 0.3) is 0 Å². The Hall–Kier alpha value is -2.38. The van der Waals surface area contributed by atoms with E-state index >= 15 is 0 Å². The number of nitrogens with one attached hydrogen (secondary N) is 1. The highest BCUT2D eigenvalue weighted by Crippen LogP contribution is 2.29. The first kappa shape index (κ1) is 18.0. The molecule has 1 atom stereocenters. The maximum absolute atomic E-state index is 12.5. The fraction of sp³-hybridized carbons (Fsp3) is 0.263. The van der Waals surface area contributed by atoms with Crippen molar-refractivity contribution in [3.05, 3.63) is 64.7 Å². The summed E-state index contributed by atoms with van der Waals surface area (Å²) in [4.78, 5) is 12.5. The lowest BCUT2D eigenvalue weighted by Gasteiger charge is -2.26. The minimum atomic E-state index is -0.0210. The van der Waals surface area contributed by atoms with Crippen LogP contribution in [0.25, 0.3) is 5.69 Å². The summed E-state index contributed by atoms with van der Waals surface area (Å²) in [5.41, 5.74) is 3.36. The first-order chi connectivity index (χ1) is 13.2. The van der Waals surface area contributed by atoms with Crippen molar-refractivity contribution in [1.29, 1.82) is 0 Å². The molecule has 0 fully saturated rings. The van der Waals surface area contributed by atoms with Crippen molar-refractivity contribution in [1.82, 2.24) is 25.5 Å². The van der Waals surface area contributed by atoms with Crippen molar-refractivity contribution < 1.29 is 4.79 Å². The third-order valence-electron chi connectivity index (χ3n) is 4.55. The van der Waals surface area contributed by atoms with E-state index in [1.807, 2.05) is 18.2 Å². The smallest absolute Gasteiger partial charge is 0.230 e. The molecule has 3 aromatic rings. The van der Waals surface area contributed by atoms with Crippen LogP contribution in [0.3, 0.4) is 0 Å². The van der Waals surface area contributed by atoms with E-state index in [4.69, 9.17) is 11.6 Å². The molecule has 6 nitrogen and oxygen atoms in total. The van der Waals surface area contributed by atoms with Crippen molar-refractivity contribution in [2.24, 2.45) is 0 Å². The molecule has 1 unspecified atom stereocenters. The SMILES string of the molecule is O=C(CSc1nnnn1-c1ccc(Cl)cc1)NC1CCCc2ccccc21. The standard InChI is InChI=1S/C19H18ClN5OS/c20-14-8-10-15(11-9-14)25-19(22-23-24-25)27-12-18(26)21-17-7-3-5-13-4-1-2-6-16(13)17/h1-2,4,6,8-11,17H,3,5,7,12H2,(H,21,26). The highest BCUT2D eigenvalue weighted by molar-refractivity contribution is 7.99.